The van der Waals surface area contributed by atoms with Crippen LogP contribution in [-0.4, -0.2) is 21.8 Å². The molecule has 1 N–H and O–H groups in total. The Hall–Kier alpha value is -1.78. The highest BCUT2D eigenvalue weighted by molar-refractivity contribution is 6.39. The van der Waals surface area contributed by atoms with Gasteiger partial charge in [-0.05, 0) is 4.98 Å². The Kier molecular flexibility index (Phi) is 2.14. The van der Waals surface area contributed by atoms with Gasteiger partial charge in [0.2, 0.25) is 5.69 Å². The third-order valence-corrected chi connectivity index (χ3v) is 1.27. The molecule has 0 saturated carbocycles. The van der Waals surface area contributed by atoms with Crippen molar-refractivity contribution in [1.82, 2.24) is 4.98 Å². The zero-order valence-electron chi connectivity index (χ0n) is 6.39. The van der Waals surface area contributed by atoms with Crippen molar-refractivity contribution < 1.29 is 19.3 Å². The third-order valence-electron chi connectivity index (χ3n) is 1.27. The summed E-state index contributed by atoms with van der Waals surface area (Å²) < 4.78 is 1.61. The number of hydrogen-bond donors (Lipinski definition) is 1. The van der Waals surface area contributed by atoms with E-state index in [0.717, 1.165) is 0 Å². The molecule has 0 aliphatic heterocycles. The van der Waals surface area contributed by atoms with Crippen LogP contribution in [-0.2, 0) is 11.8 Å². The maximum Gasteiger partial charge on any atom is 0.381 e. The van der Waals surface area contributed by atoms with Gasteiger partial charge in [-0.25, -0.2) is 9.36 Å². The van der Waals surface area contributed by atoms with Crippen LogP contribution in [0.3, 0.4) is 0 Å². The second kappa shape index (κ2) is 3.08. The first kappa shape index (κ1) is 8.32. The zero-order valence-corrected chi connectivity index (χ0v) is 6.39. The Balaban J connectivity index is 2.98. The molecule has 0 unspecified atom stereocenters. The first-order chi connectivity index (χ1) is 5.61. The maximum atomic E-state index is 10.8. The van der Waals surface area contributed by atoms with Crippen molar-refractivity contribution in [3.8, 4) is 0 Å². The Morgan fingerprint density at radius 3 is 2.67 bits per heavy atom. The summed E-state index contributed by atoms with van der Waals surface area (Å²) in [5, 5.41) is 8.31. The van der Waals surface area contributed by atoms with Gasteiger partial charge in [-0.1, -0.05) is 0 Å². The van der Waals surface area contributed by atoms with Crippen LogP contribution in [0.4, 0.5) is 0 Å². The Morgan fingerprint density at radius 2 is 2.25 bits per heavy atom. The predicted octanol–water partition coefficient (Wildman–Crippen LogP) is -0.827. The summed E-state index contributed by atoms with van der Waals surface area (Å²) in [5.74, 6) is -2.48. The summed E-state index contributed by atoms with van der Waals surface area (Å²) in [6.45, 7) is 0. The van der Waals surface area contributed by atoms with Crippen molar-refractivity contribution in [2.45, 2.75) is 0 Å². The highest BCUT2D eigenvalue weighted by atomic mass is 16.4. The molecule has 12 heavy (non-hydrogen) atoms. The van der Waals surface area contributed by atoms with Gasteiger partial charge in [0.25, 0.3) is 6.33 Å². The molecule has 1 heterocycles. The van der Waals surface area contributed by atoms with E-state index in [-0.39, 0.29) is 5.69 Å². The minimum atomic E-state index is -1.49. The first-order valence-electron chi connectivity index (χ1n) is 3.20. The number of hydrogen-bond acceptors (Lipinski definition) is 3. The van der Waals surface area contributed by atoms with E-state index in [1.165, 1.54) is 12.4 Å². The van der Waals surface area contributed by atoms with E-state index in [1.54, 1.807) is 17.8 Å². The molecule has 0 spiro atoms. The van der Waals surface area contributed by atoms with E-state index in [4.69, 9.17) is 5.11 Å². The summed E-state index contributed by atoms with van der Waals surface area (Å²) >= 11 is 0. The van der Waals surface area contributed by atoms with Crippen molar-refractivity contribution in [3.05, 3.63) is 24.3 Å². The number of carbonyl (C=O) groups is 2. The van der Waals surface area contributed by atoms with Gasteiger partial charge in [-0.15, -0.1) is 0 Å². The lowest BCUT2D eigenvalue weighted by Gasteiger charge is -1.88. The van der Waals surface area contributed by atoms with E-state index in [9.17, 15) is 9.59 Å². The number of carboxylic acids is 1. The van der Waals surface area contributed by atoms with Gasteiger partial charge in [-0.2, -0.15) is 0 Å². The van der Waals surface area contributed by atoms with E-state index in [2.05, 4.69) is 4.98 Å². The molecule has 0 aliphatic carbocycles. The number of aryl methyl sites for hydroxylation is 1. The topological polar surface area (TPSA) is 71.1 Å². The molecule has 0 fully saturated rings. The molecule has 5 heteroatoms. The smallest absolute Gasteiger partial charge is 0.381 e. The van der Waals surface area contributed by atoms with Gasteiger partial charge >= 0.3 is 11.8 Å². The molecule has 1 rings (SSSR count). The molecule has 62 valence electrons. The van der Waals surface area contributed by atoms with Crippen molar-refractivity contribution in [2.75, 3.05) is 0 Å². The minimum Gasteiger partial charge on any atom is -0.475 e. The molecule has 0 amide bonds. The highest BCUT2D eigenvalue weighted by Gasteiger charge is 2.19. The largest absolute Gasteiger partial charge is 0.475 e. The number of aliphatic carboxylic acids is 1. The van der Waals surface area contributed by atoms with E-state index in [0.29, 0.717) is 0 Å². The average molecular weight is 167 g/mol. The molecule has 0 aromatic carbocycles. The standard InChI is InChI=1S/C7H6N2O3/c1-9-3-2-5(8-4-9)6(10)7(11)12/h2-4H,1H3/p+1. The minimum absolute atomic E-state index is 0.0550. The fourth-order valence-corrected chi connectivity index (χ4v) is 0.667. The molecule has 0 aliphatic rings. The van der Waals surface area contributed by atoms with Crippen LogP contribution in [0.1, 0.15) is 10.5 Å². The van der Waals surface area contributed by atoms with Gasteiger partial charge in [0.05, 0.1) is 13.2 Å². The highest BCUT2D eigenvalue weighted by Crippen LogP contribution is 1.91. The van der Waals surface area contributed by atoms with Gasteiger partial charge in [-0.3, -0.25) is 4.79 Å². The molecule has 0 radical (unpaired) electrons. The van der Waals surface area contributed by atoms with Crippen LogP contribution in [0, 0.1) is 0 Å². The van der Waals surface area contributed by atoms with E-state index < -0.39 is 11.8 Å². The fourth-order valence-electron chi connectivity index (χ4n) is 0.667. The van der Waals surface area contributed by atoms with Gasteiger partial charge in [0.1, 0.15) is 0 Å². The second-order valence-corrected chi connectivity index (χ2v) is 2.25. The number of carboxylic acid groups (broad SMARTS) is 1. The van der Waals surface area contributed by atoms with Crippen LogP contribution < -0.4 is 4.57 Å². The van der Waals surface area contributed by atoms with E-state index in [1.807, 2.05) is 0 Å². The Labute approximate surface area is 68.3 Å². The van der Waals surface area contributed by atoms with Crippen LogP contribution in [0.5, 0.6) is 0 Å². The van der Waals surface area contributed by atoms with Crippen LogP contribution in [0.15, 0.2) is 18.6 Å². The predicted molar refractivity (Wildman–Crippen MR) is 37.4 cm³/mol. The third kappa shape index (κ3) is 1.63. The van der Waals surface area contributed by atoms with Gasteiger partial charge in [0, 0.05) is 6.07 Å². The second-order valence-electron chi connectivity index (χ2n) is 2.25. The number of nitrogens with zero attached hydrogens (tertiary/aromatic N) is 2. The fraction of sp³-hybridized carbons (Fsp3) is 0.143. The summed E-state index contributed by atoms with van der Waals surface area (Å²) in [5.41, 5.74) is -0.0550. The summed E-state index contributed by atoms with van der Waals surface area (Å²) in [6, 6.07) is 1.36. The quantitative estimate of drug-likeness (QED) is 0.354. The molecule has 0 atom stereocenters. The molecule has 0 bridgehead atoms. The van der Waals surface area contributed by atoms with Crippen molar-refractivity contribution >= 4 is 11.8 Å². The monoisotopic (exact) mass is 167 g/mol. The average Bonchev–Trinajstić information content (AvgIpc) is 2.04. The maximum absolute atomic E-state index is 10.8. The first-order valence-corrected chi connectivity index (χ1v) is 3.20. The number of rotatable bonds is 2. The molecule has 1 aromatic rings. The Morgan fingerprint density at radius 1 is 1.58 bits per heavy atom. The lowest BCUT2D eigenvalue weighted by Crippen LogP contribution is -2.28. The summed E-state index contributed by atoms with van der Waals surface area (Å²) in [4.78, 5) is 24.6. The summed E-state index contributed by atoms with van der Waals surface area (Å²) in [6.07, 6.45) is 2.93. The van der Waals surface area contributed by atoms with Gasteiger partial charge < -0.3 is 5.11 Å². The lowest BCUT2D eigenvalue weighted by atomic mass is 10.3. The molecule has 5 nitrogen and oxygen atoms in total. The summed E-state index contributed by atoms with van der Waals surface area (Å²) in [7, 11) is 1.72. The van der Waals surface area contributed by atoms with Crippen LogP contribution >= 0.6 is 0 Å². The molecule has 0 saturated heterocycles. The number of ketones is 1. The lowest BCUT2D eigenvalue weighted by molar-refractivity contribution is -0.674. The SMILES string of the molecule is C[n+]1ccc(C(=O)C(=O)O)nc1. The molecular weight excluding hydrogens is 160 g/mol. The normalized spacial score (nSPS) is 9.42. The number of aromatic nitrogens is 2. The van der Waals surface area contributed by atoms with Gasteiger partial charge in [0.15, 0.2) is 0 Å². The van der Waals surface area contributed by atoms with Crippen molar-refractivity contribution in [1.29, 1.82) is 0 Å². The van der Waals surface area contributed by atoms with Crippen LogP contribution in [0.2, 0.25) is 0 Å². The number of carbonyl (C=O) groups excluding carboxylic acids is 1. The zero-order chi connectivity index (χ0) is 9.14. The van der Waals surface area contributed by atoms with E-state index >= 15 is 0 Å². The van der Waals surface area contributed by atoms with Crippen molar-refractivity contribution in [3.63, 3.8) is 0 Å². The molecule has 1 aromatic heterocycles. The number of Topliss-reactive ketones (excluding diaryl/α,β-unsaturated/α-hetero) is 1. The Bertz CT molecular complexity index is 318. The van der Waals surface area contributed by atoms with Crippen molar-refractivity contribution in [2.24, 2.45) is 7.05 Å². The van der Waals surface area contributed by atoms with Crippen LogP contribution in [0.25, 0.3) is 0 Å². The molecular formula is C7H7N2O3+.